The molecule has 0 atom stereocenters. The molecule has 1 aromatic carbocycles. The van der Waals surface area contributed by atoms with E-state index >= 15 is 0 Å². The van der Waals surface area contributed by atoms with Crippen molar-refractivity contribution in [3.63, 3.8) is 0 Å². The van der Waals surface area contributed by atoms with Crippen LogP contribution in [-0.4, -0.2) is 44.1 Å². The molecule has 1 rings (SSSR count). The van der Waals surface area contributed by atoms with Crippen molar-refractivity contribution in [1.29, 1.82) is 0 Å². The van der Waals surface area contributed by atoms with Crippen LogP contribution >= 0.6 is 15.9 Å². The maximum Gasteiger partial charge on any atom is 0.319 e. The Morgan fingerprint density at radius 3 is 2.25 bits per heavy atom. The van der Waals surface area contributed by atoms with E-state index in [0.717, 1.165) is 0 Å². The van der Waals surface area contributed by atoms with E-state index in [1.165, 1.54) is 25.2 Å². The molecule has 0 spiro atoms. The lowest BCUT2D eigenvalue weighted by Crippen LogP contribution is -2.35. The summed E-state index contributed by atoms with van der Waals surface area (Å²) in [5.41, 5.74) is 0.623. The lowest BCUT2D eigenvalue weighted by molar-refractivity contribution is -0.145. The Labute approximate surface area is 124 Å². The van der Waals surface area contributed by atoms with Crippen molar-refractivity contribution in [2.24, 2.45) is 0 Å². The molecule has 0 aliphatic rings. The van der Waals surface area contributed by atoms with Crippen molar-refractivity contribution in [1.82, 2.24) is 4.90 Å². The van der Waals surface area contributed by atoms with Crippen LogP contribution in [0.15, 0.2) is 22.7 Å². The van der Waals surface area contributed by atoms with Crippen molar-refractivity contribution in [2.45, 2.75) is 6.54 Å². The van der Waals surface area contributed by atoms with E-state index in [4.69, 9.17) is 0 Å². The van der Waals surface area contributed by atoms with Gasteiger partial charge in [-0.3, -0.25) is 14.5 Å². The van der Waals surface area contributed by atoms with Crippen LogP contribution in [0.4, 0.5) is 4.39 Å². The first-order valence-electron chi connectivity index (χ1n) is 5.76. The highest BCUT2D eigenvalue weighted by molar-refractivity contribution is 9.10. The average Bonchev–Trinajstić information content (AvgIpc) is 2.43. The molecule has 7 heteroatoms. The second-order valence-corrected chi connectivity index (χ2v) is 4.80. The number of hydrogen-bond donors (Lipinski definition) is 0. The van der Waals surface area contributed by atoms with Crippen LogP contribution in [0, 0.1) is 5.82 Å². The zero-order valence-corrected chi connectivity index (χ0v) is 12.8. The molecule has 0 aromatic heterocycles. The molecule has 1 aromatic rings. The smallest absolute Gasteiger partial charge is 0.319 e. The fourth-order valence-electron chi connectivity index (χ4n) is 1.57. The molecule has 5 nitrogen and oxygen atoms in total. The Hall–Kier alpha value is -1.47. The molecule has 0 heterocycles. The second kappa shape index (κ2) is 7.96. The summed E-state index contributed by atoms with van der Waals surface area (Å²) in [5.74, 6) is -1.37. The van der Waals surface area contributed by atoms with E-state index in [1.54, 1.807) is 12.1 Å². The Morgan fingerprint density at radius 1 is 1.20 bits per heavy atom. The Balaban J connectivity index is 2.84. The molecular formula is C13H15BrFNO4. The predicted octanol–water partition coefficient (Wildman–Crippen LogP) is 1.74. The van der Waals surface area contributed by atoms with Crippen LogP contribution in [0.25, 0.3) is 0 Å². The summed E-state index contributed by atoms with van der Waals surface area (Å²) in [5, 5.41) is 0. The van der Waals surface area contributed by atoms with E-state index in [-0.39, 0.29) is 19.6 Å². The normalized spacial score (nSPS) is 10.4. The number of hydrogen-bond acceptors (Lipinski definition) is 5. The standard InChI is InChI=1S/C13H15BrFNO4/c1-19-11(17)7-16(8-12(18)20-2)6-9-4-3-5-10(15)13(9)14/h3-5H,6-8H2,1-2H3. The van der Waals surface area contributed by atoms with E-state index in [9.17, 15) is 14.0 Å². The van der Waals surface area contributed by atoms with Crippen LogP contribution in [-0.2, 0) is 25.6 Å². The van der Waals surface area contributed by atoms with E-state index < -0.39 is 17.8 Å². The highest BCUT2D eigenvalue weighted by Crippen LogP contribution is 2.21. The van der Waals surface area contributed by atoms with Gasteiger partial charge in [-0.15, -0.1) is 0 Å². The minimum Gasteiger partial charge on any atom is -0.468 e. The van der Waals surface area contributed by atoms with E-state index in [0.29, 0.717) is 10.0 Å². The Morgan fingerprint density at radius 2 is 1.75 bits per heavy atom. The maximum absolute atomic E-state index is 13.4. The summed E-state index contributed by atoms with van der Waals surface area (Å²) in [6.45, 7) is 0.0334. The van der Waals surface area contributed by atoms with Crippen LogP contribution in [0.1, 0.15) is 5.56 Å². The zero-order valence-electron chi connectivity index (χ0n) is 11.2. The maximum atomic E-state index is 13.4. The quantitative estimate of drug-likeness (QED) is 0.733. The van der Waals surface area contributed by atoms with Crippen molar-refractivity contribution in [3.8, 4) is 0 Å². The zero-order chi connectivity index (χ0) is 15.1. The minimum atomic E-state index is -0.485. The van der Waals surface area contributed by atoms with Crippen LogP contribution in [0.2, 0.25) is 0 Å². The summed E-state index contributed by atoms with van der Waals surface area (Å²) in [4.78, 5) is 24.2. The molecule has 0 fully saturated rings. The first kappa shape index (κ1) is 16.6. The van der Waals surface area contributed by atoms with Gasteiger partial charge in [0.05, 0.1) is 31.8 Å². The molecule has 0 aliphatic carbocycles. The lowest BCUT2D eigenvalue weighted by atomic mass is 10.2. The number of ether oxygens (including phenoxy) is 2. The average molecular weight is 348 g/mol. The molecule has 0 N–H and O–H groups in total. The SMILES string of the molecule is COC(=O)CN(CC(=O)OC)Cc1cccc(F)c1Br. The van der Waals surface area contributed by atoms with Crippen LogP contribution < -0.4 is 0 Å². The molecule has 0 saturated heterocycles. The molecule has 20 heavy (non-hydrogen) atoms. The lowest BCUT2D eigenvalue weighted by Gasteiger charge is -2.20. The summed E-state index contributed by atoms with van der Waals surface area (Å²) in [6.07, 6.45) is 0. The molecule has 0 amide bonds. The second-order valence-electron chi connectivity index (χ2n) is 4.01. The highest BCUT2D eigenvalue weighted by atomic mass is 79.9. The summed E-state index contributed by atoms with van der Waals surface area (Å²) >= 11 is 3.14. The van der Waals surface area contributed by atoms with Gasteiger partial charge in [-0.2, -0.15) is 0 Å². The van der Waals surface area contributed by atoms with Crippen molar-refractivity contribution < 1.29 is 23.5 Å². The monoisotopic (exact) mass is 347 g/mol. The van der Waals surface area contributed by atoms with E-state index in [2.05, 4.69) is 25.4 Å². The molecule has 0 bridgehead atoms. The van der Waals surface area contributed by atoms with Gasteiger partial charge < -0.3 is 9.47 Å². The first-order valence-corrected chi connectivity index (χ1v) is 6.56. The van der Waals surface area contributed by atoms with Crippen LogP contribution in [0.3, 0.4) is 0 Å². The minimum absolute atomic E-state index is 0.0887. The van der Waals surface area contributed by atoms with Gasteiger partial charge in [-0.25, -0.2) is 4.39 Å². The first-order chi connectivity index (χ1) is 9.47. The van der Waals surface area contributed by atoms with Gasteiger partial charge in [-0.1, -0.05) is 12.1 Å². The molecule has 110 valence electrons. The molecule has 0 radical (unpaired) electrons. The molecule has 0 unspecified atom stereocenters. The number of halogens is 2. The molecule has 0 aliphatic heterocycles. The number of benzene rings is 1. The molecule has 0 saturated carbocycles. The predicted molar refractivity (Wildman–Crippen MR) is 73.4 cm³/mol. The van der Waals surface area contributed by atoms with Gasteiger partial charge in [0.1, 0.15) is 5.82 Å². The van der Waals surface area contributed by atoms with Gasteiger partial charge >= 0.3 is 11.9 Å². The largest absolute Gasteiger partial charge is 0.468 e. The number of carbonyl (C=O) groups excluding carboxylic acids is 2. The van der Waals surface area contributed by atoms with Crippen molar-refractivity contribution in [3.05, 3.63) is 34.1 Å². The van der Waals surface area contributed by atoms with Crippen molar-refractivity contribution in [2.75, 3.05) is 27.3 Å². The van der Waals surface area contributed by atoms with Gasteiger partial charge in [-0.05, 0) is 27.6 Å². The molecular weight excluding hydrogens is 333 g/mol. The third-order valence-electron chi connectivity index (χ3n) is 2.59. The Bertz CT molecular complexity index is 477. The Kier molecular flexibility index (Phi) is 6.60. The number of esters is 2. The van der Waals surface area contributed by atoms with Gasteiger partial charge in [0, 0.05) is 6.54 Å². The summed E-state index contributed by atoms with van der Waals surface area (Å²) < 4.78 is 22.9. The number of rotatable bonds is 6. The van der Waals surface area contributed by atoms with Crippen LogP contribution in [0.5, 0.6) is 0 Å². The number of methoxy groups -OCH3 is 2. The summed E-state index contributed by atoms with van der Waals surface area (Å²) in [6, 6.07) is 4.58. The fourth-order valence-corrected chi connectivity index (χ4v) is 1.96. The third-order valence-corrected chi connectivity index (χ3v) is 3.47. The van der Waals surface area contributed by atoms with Crippen molar-refractivity contribution >= 4 is 27.9 Å². The highest BCUT2D eigenvalue weighted by Gasteiger charge is 2.17. The van der Waals surface area contributed by atoms with E-state index in [1.807, 2.05) is 0 Å². The van der Waals surface area contributed by atoms with Gasteiger partial charge in [0.25, 0.3) is 0 Å². The number of carbonyl (C=O) groups is 2. The fraction of sp³-hybridized carbons (Fsp3) is 0.385. The summed E-state index contributed by atoms with van der Waals surface area (Å²) in [7, 11) is 2.52. The van der Waals surface area contributed by atoms with Gasteiger partial charge in [0.2, 0.25) is 0 Å². The topological polar surface area (TPSA) is 55.8 Å². The number of nitrogens with zero attached hydrogens (tertiary/aromatic N) is 1. The third kappa shape index (κ3) is 4.90. The van der Waals surface area contributed by atoms with Gasteiger partial charge in [0.15, 0.2) is 0 Å².